The normalized spacial score (nSPS) is 20.8. The second-order valence-electron chi connectivity index (χ2n) is 5.43. The van der Waals surface area contributed by atoms with Gasteiger partial charge in [-0.2, -0.15) is 5.10 Å². The minimum atomic E-state index is 0.682. The molecule has 0 bridgehead atoms. The van der Waals surface area contributed by atoms with Gasteiger partial charge in [0.25, 0.3) is 0 Å². The molecule has 19 heavy (non-hydrogen) atoms. The van der Waals surface area contributed by atoms with E-state index < -0.39 is 0 Å². The molecule has 1 aromatic rings. The van der Waals surface area contributed by atoms with Crippen molar-refractivity contribution in [2.24, 2.45) is 7.05 Å². The molecule has 1 N–H and O–H groups in total. The van der Waals surface area contributed by atoms with Crippen molar-refractivity contribution in [3.63, 3.8) is 0 Å². The molecule has 1 fully saturated rings. The molecular weight excluding hydrogens is 304 g/mol. The van der Waals surface area contributed by atoms with Gasteiger partial charge >= 0.3 is 0 Å². The molecule has 2 heterocycles. The summed E-state index contributed by atoms with van der Waals surface area (Å²) in [6, 6.07) is 0.682. The number of halogens is 1. The molecule has 1 aromatic heterocycles. The number of hydrogen-bond donors (Lipinski definition) is 1. The fraction of sp³-hybridized carbons (Fsp3) is 0.786. The first-order chi connectivity index (χ1) is 9.13. The molecule has 5 heteroatoms. The van der Waals surface area contributed by atoms with Gasteiger partial charge in [0.15, 0.2) is 0 Å². The molecular formula is C14H25BrN4. The summed E-state index contributed by atoms with van der Waals surface area (Å²) in [6.45, 7) is 5.42. The number of rotatable bonds is 4. The number of aryl methyl sites for hydroxylation is 2. The van der Waals surface area contributed by atoms with Crippen LogP contribution in [0.4, 0.5) is 0 Å². The van der Waals surface area contributed by atoms with Crippen molar-refractivity contribution < 1.29 is 0 Å². The fourth-order valence-corrected chi connectivity index (χ4v) is 3.54. The van der Waals surface area contributed by atoms with Crippen molar-refractivity contribution in [2.45, 2.75) is 45.2 Å². The summed E-state index contributed by atoms with van der Waals surface area (Å²) in [5, 5.41) is 8.05. The Morgan fingerprint density at radius 2 is 2.21 bits per heavy atom. The Bertz CT molecular complexity index is 408. The predicted molar refractivity (Wildman–Crippen MR) is 82.3 cm³/mol. The SMILES string of the molecule is CCc1nn(C)c(CN(C)C2CCCNCC2)c1Br. The average Bonchev–Trinajstić information content (AvgIpc) is 2.64. The maximum Gasteiger partial charge on any atom is 0.0767 e. The van der Waals surface area contributed by atoms with Crippen molar-refractivity contribution in [1.82, 2.24) is 20.0 Å². The molecule has 0 radical (unpaired) electrons. The summed E-state index contributed by atoms with van der Waals surface area (Å²) in [7, 11) is 4.28. The molecule has 4 nitrogen and oxygen atoms in total. The van der Waals surface area contributed by atoms with Crippen LogP contribution in [-0.2, 0) is 20.0 Å². The highest BCUT2D eigenvalue weighted by atomic mass is 79.9. The number of aromatic nitrogens is 2. The average molecular weight is 329 g/mol. The van der Waals surface area contributed by atoms with Crippen LogP contribution < -0.4 is 5.32 Å². The van der Waals surface area contributed by atoms with E-state index in [0.717, 1.165) is 25.2 Å². The van der Waals surface area contributed by atoms with Gasteiger partial charge in [-0.05, 0) is 61.8 Å². The molecule has 1 aliphatic rings. The largest absolute Gasteiger partial charge is 0.317 e. The third-order valence-corrected chi connectivity index (χ3v) is 4.99. The number of hydrogen-bond acceptors (Lipinski definition) is 3. The van der Waals surface area contributed by atoms with Crippen LogP contribution in [0, 0.1) is 0 Å². The van der Waals surface area contributed by atoms with E-state index >= 15 is 0 Å². The molecule has 1 atom stereocenters. The van der Waals surface area contributed by atoms with Gasteiger partial charge < -0.3 is 5.32 Å². The Balaban J connectivity index is 2.05. The predicted octanol–water partition coefficient (Wildman–Crippen LogP) is 2.32. The molecule has 1 unspecified atom stereocenters. The second kappa shape index (κ2) is 6.86. The molecule has 0 aliphatic carbocycles. The van der Waals surface area contributed by atoms with Crippen molar-refractivity contribution in [3.05, 3.63) is 15.9 Å². The van der Waals surface area contributed by atoms with Crippen molar-refractivity contribution in [2.75, 3.05) is 20.1 Å². The van der Waals surface area contributed by atoms with E-state index in [9.17, 15) is 0 Å². The van der Waals surface area contributed by atoms with Crippen LogP contribution in [-0.4, -0.2) is 40.9 Å². The second-order valence-corrected chi connectivity index (χ2v) is 6.23. The van der Waals surface area contributed by atoms with Gasteiger partial charge in [-0.25, -0.2) is 0 Å². The molecule has 1 saturated heterocycles. The Hall–Kier alpha value is -0.390. The van der Waals surface area contributed by atoms with E-state index in [2.05, 4.69) is 45.2 Å². The first-order valence-corrected chi connectivity index (χ1v) is 8.04. The zero-order valence-corrected chi connectivity index (χ0v) is 13.8. The lowest BCUT2D eigenvalue weighted by Gasteiger charge is -2.26. The summed E-state index contributed by atoms with van der Waals surface area (Å²) in [6.07, 6.45) is 4.79. The van der Waals surface area contributed by atoms with Crippen LogP contribution in [0.1, 0.15) is 37.6 Å². The zero-order chi connectivity index (χ0) is 13.8. The Morgan fingerprint density at radius 3 is 2.89 bits per heavy atom. The topological polar surface area (TPSA) is 33.1 Å². The molecule has 0 aromatic carbocycles. The van der Waals surface area contributed by atoms with Crippen LogP contribution in [0.3, 0.4) is 0 Å². The zero-order valence-electron chi connectivity index (χ0n) is 12.2. The highest BCUT2D eigenvalue weighted by molar-refractivity contribution is 9.10. The molecule has 0 spiro atoms. The lowest BCUT2D eigenvalue weighted by Crippen LogP contribution is -2.32. The third kappa shape index (κ3) is 3.58. The standard InChI is InChI=1S/C14H25BrN4/c1-4-12-14(15)13(19(3)17-12)10-18(2)11-6-5-8-16-9-7-11/h11,16H,4-10H2,1-3H3. The van der Waals surface area contributed by atoms with Gasteiger partial charge in [0.2, 0.25) is 0 Å². The van der Waals surface area contributed by atoms with Crippen LogP contribution in [0.5, 0.6) is 0 Å². The highest BCUT2D eigenvalue weighted by Gasteiger charge is 2.20. The van der Waals surface area contributed by atoms with Gasteiger partial charge in [-0.3, -0.25) is 9.58 Å². The molecule has 0 saturated carbocycles. The van der Waals surface area contributed by atoms with Gasteiger partial charge in [0.1, 0.15) is 0 Å². The highest BCUT2D eigenvalue weighted by Crippen LogP contribution is 2.24. The first kappa shape index (κ1) is 15.0. The summed E-state index contributed by atoms with van der Waals surface area (Å²) in [5.41, 5.74) is 2.45. The Kier molecular flexibility index (Phi) is 5.42. The van der Waals surface area contributed by atoms with Gasteiger partial charge in [0.05, 0.1) is 15.9 Å². The molecule has 2 rings (SSSR count). The molecule has 0 amide bonds. The van der Waals surface area contributed by atoms with Crippen molar-refractivity contribution in [1.29, 1.82) is 0 Å². The van der Waals surface area contributed by atoms with Crippen LogP contribution in [0.15, 0.2) is 4.47 Å². The Labute approximate surface area is 124 Å². The van der Waals surface area contributed by atoms with Gasteiger partial charge in [0, 0.05) is 19.6 Å². The third-order valence-electron chi connectivity index (χ3n) is 4.07. The first-order valence-electron chi connectivity index (χ1n) is 7.24. The minimum Gasteiger partial charge on any atom is -0.317 e. The number of nitrogens with zero attached hydrogens (tertiary/aromatic N) is 3. The van der Waals surface area contributed by atoms with Crippen LogP contribution in [0.2, 0.25) is 0 Å². The van der Waals surface area contributed by atoms with Gasteiger partial charge in [-0.1, -0.05) is 6.92 Å². The van der Waals surface area contributed by atoms with Gasteiger partial charge in [-0.15, -0.1) is 0 Å². The van der Waals surface area contributed by atoms with Crippen LogP contribution >= 0.6 is 15.9 Å². The minimum absolute atomic E-state index is 0.682. The summed E-state index contributed by atoms with van der Waals surface area (Å²) in [4.78, 5) is 2.48. The van der Waals surface area contributed by atoms with E-state index in [1.807, 2.05) is 11.7 Å². The smallest absolute Gasteiger partial charge is 0.0767 e. The van der Waals surface area contributed by atoms with Crippen molar-refractivity contribution >= 4 is 15.9 Å². The molecule has 1 aliphatic heterocycles. The fourth-order valence-electron chi connectivity index (χ4n) is 2.80. The number of nitrogens with one attached hydrogen (secondary N) is 1. The van der Waals surface area contributed by atoms with E-state index in [-0.39, 0.29) is 0 Å². The summed E-state index contributed by atoms with van der Waals surface area (Å²) >= 11 is 3.71. The van der Waals surface area contributed by atoms with Crippen molar-refractivity contribution in [3.8, 4) is 0 Å². The quantitative estimate of drug-likeness (QED) is 0.920. The van der Waals surface area contributed by atoms with E-state index in [1.54, 1.807) is 0 Å². The van der Waals surface area contributed by atoms with Crippen LogP contribution in [0.25, 0.3) is 0 Å². The summed E-state index contributed by atoms with van der Waals surface area (Å²) < 4.78 is 3.21. The maximum atomic E-state index is 4.58. The summed E-state index contributed by atoms with van der Waals surface area (Å²) in [5.74, 6) is 0. The Morgan fingerprint density at radius 1 is 1.42 bits per heavy atom. The lowest BCUT2D eigenvalue weighted by atomic mass is 10.1. The van der Waals surface area contributed by atoms with E-state index in [1.165, 1.54) is 36.0 Å². The maximum absolute atomic E-state index is 4.58. The monoisotopic (exact) mass is 328 g/mol. The van der Waals surface area contributed by atoms with E-state index in [0.29, 0.717) is 6.04 Å². The lowest BCUT2D eigenvalue weighted by molar-refractivity contribution is 0.211. The van der Waals surface area contributed by atoms with E-state index in [4.69, 9.17) is 0 Å². The molecule has 108 valence electrons.